The second-order valence-electron chi connectivity index (χ2n) is 4.34. The van der Waals surface area contributed by atoms with E-state index in [1.54, 1.807) is 0 Å². The van der Waals surface area contributed by atoms with Gasteiger partial charge in [0.15, 0.2) is 0 Å². The van der Waals surface area contributed by atoms with E-state index in [4.69, 9.17) is 0 Å². The van der Waals surface area contributed by atoms with E-state index < -0.39 is 10.0 Å². The fraction of sp³-hybridized carbons (Fsp3) is 0.700. The van der Waals surface area contributed by atoms with Crippen LogP contribution in [0.2, 0.25) is 0 Å². The van der Waals surface area contributed by atoms with Crippen LogP contribution in [0.3, 0.4) is 0 Å². The lowest BCUT2D eigenvalue weighted by Gasteiger charge is -2.15. The third-order valence-corrected chi connectivity index (χ3v) is 4.40. The van der Waals surface area contributed by atoms with Gasteiger partial charge in [-0.15, -0.1) is 0 Å². The van der Waals surface area contributed by atoms with Crippen molar-refractivity contribution in [3.05, 3.63) is 12.4 Å². The van der Waals surface area contributed by atoms with Gasteiger partial charge in [0.25, 0.3) is 0 Å². The summed E-state index contributed by atoms with van der Waals surface area (Å²) in [5.74, 6) is 0.719. The van der Waals surface area contributed by atoms with Gasteiger partial charge >= 0.3 is 0 Å². The minimum atomic E-state index is -3.39. The van der Waals surface area contributed by atoms with Gasteiger partial charge in [-0.25, -0.2) is 13.1 Å². The van der Waals surface area contributed by atoms with Crippen LogP contribution in [0.25, 0.3) is 0 Å². The Morgan fingerprint density at radius 2 is 2.38 bits per heavy atom. The number of sulfonamides is 1. The third kappa shape index (κ3) is 2.82. The highest BCUT2D eigenvalue weighted by Gasteiger charge is 2.27. The second kappa shape index (κ2) is 4.55. The number of hydrogen-bond acceptors (Lipinski definition) is 3. The van der Waals surface area contributed by atoms with Crippen molar-refractivity contribution in [1.82, 2.24) is 14.9 Å². The summed E-state index contributed by atoms with van der Waals surface area (Å²) in [6.07, 6.45) is 6.98. The summed E-state index contributed by atoms with van der Waals surface area (Å²) in [6.45, 7) is 2.00. The largest absolute Gasteiger partial charge is 0.284 e. The molecule has 1 aliphatic carbocycles. The van der Waals surface area contributed by atoms with Crippen LogP contribution in [-0.4, -0.2) is 24.7 Å². The smallest absolute Gasteiger partial charge is 0.243 e. The first-order valence-corrected chi connectivity index (χ1v) is 7.11. The fourth-order valence-electron chi connectivity index (χ4n) is 1.73. The summed E-state index contributed by atoms with van der Waals surface area (Å²) in [5.41, 5.74) is 0. The molecule has 1 saturated carbocycles. The molecule has 0 saturated heterocycles. The second-order valence-corrected chi connectivity index (χ2v) is 6.05. The zero-order valence-corrected chi connectivity index (χ0v) is 10.1. The lowest BCUT2D eigenvalue weighted by Crippen LogP contribution is -2.34. The number of aromatic nitrogens is 2. The van der Waals surface area contributed by atoms with Crippen molar-refractivity contribution in [3.8, 4) is 0 Å². The predicted octanol–water partition coefficient (Wildman–Crippen LogP) is 1.27. The van der Waals surface area contributed by atoms with Crippen molar-refractivity contribution >= 4 is 10.0 Å². The van der Waals surface area contributed by atoms with Crippen molar-refractivity contribution in [3.63, 3.8) is 0 Å². The monoisotopic (exact) mass is 243 g/mol. The van der Waals surface area contributed by atoms with Crippen LogP contribution in [0.4, 0.5) is 0 Å². The number of nitrogens with zero attached hydrogens (tertiary/aromatic N) is 1. The van der Waals surface area contributed by atoms with Crippen LogP contribution in [0.5, 0.6) is 0 Å². The molecule has 0 aliphatic heterocycles. The first-order valence-electron chi connectivity index (χ1n) is 5.63. The van der Waals surface area contributed by atoms with Gasteiger partial charge in [-0.1, -0.05) is 19.8 Å². The van der Waals surface area contributed by atoms with E-state index in [1.165, 1.54) is 25.2 Å². The summed E-state index contributed by atoms with van der Waals surface area (Å²) in [7, 11) is -3.39. The molecule has 1 aliphatic rings. The maximum Gasteiger partial charge on any atom is 0.243 e. The van der Waals surface area contributed by atoms with Crippen LogP contribution in [0, 0.1) is 5.92 Å². The van der Waals surface area contributed by atoms with Gasteiger partial charge in [0, 0.05) is 12.2 Å². The average molecular weight is 243 g/mol. The molecule has 6 heteroatoms. The quantitative estimate of drug-likeness (QED) is 0.790. The molecule has 1 fully saturated rings. The lowest BCUT2D eigenvalue weighted by molar-refractivity contribution is 0.495. The zero-order chi connectivity index (χ0) is 11.6. The Hall–Kier alpha value is -0.880. The Morgan fingerprint density at radius 3 is 2.88 bits per heavy atom. The molecule has 1 aromatic rings. The molecule has 90 valence electrons. The number of H-pyrrole nitrogens is 1. The van der Waals surface area contributed by atoms with E-state index in [0.29, 0.717) is 0 Å². The predicted molar refractivity (Wildman–Crippen MR) is 60.3 cm³/mol. The SMILES string of the molecule is CCC(CC1CC1)NS(=O)(=O)c1cn[nH]c1. The van der Waals surface area contributed by atoms with E-state index in [1.807, 2.05) is 6.92 Å². The van der Waals surface area contributed by atoms with E-state index in [9.17, 15) is 8.42 Å². The molecule has 16 heavy (non-hydrogen) atoms. The molecule has 1 heterocycles. The molecule has 2 N–H and O–H groups in total. The van der Waals surface area contributed by atoms with E-state index >= 15 is 0 Å². The summed E-state index contributed by atoms with van der Waals surface area (Å²) < 4.78 is 26.5. The normalized spacial score (nSPS) is 18.6. The average Bonchev–Trinajstić information content (AvgIpc) is 2.86. The fourth-order valence-corrected chi connectivity index (χ4v) is 2.96. The third-order valence-electron chi connectivity index (χ3n) is 2.91. The Labute approximate surface area is 95.7 Å². The molecule has 1 atom stereocenters. The van der Waals surface area contributed by atoms with Crippen molar-refractivity contribution in [2.45, 2.75) is 43.5 Å². The van der Waals surface area contributed by atoms with Crippen molar-refractivity contribution < 1.29 is 8.42 Å². The molecule has 5 nitrogen and oxygen atoms in total. The van der Waals surface area contributed by atoms with E-state index in [-0.39, 0.29) is 10.9 Å². The Balaban J connectivity index is 2.01. The number of nitrogens with one attached hydrogen (secondary N) is 2. The van der Waals surface area contributed by atoms with Crippen LogP contribution in [-0.2, 0) is 10.0 Å². The van der Waals surface area contributed by atoms with Crippen molar-refractivity contribution in [2.75, 3.05) is 0 Å². The first kappa shape index (κ1) is 11.6. The molecule has 0 bridgehead atoms. The molecule has 2 rings (SSSR count). The van der Waals surface area contributed by atoms with Crippen LogP contribution < -0.4 is 4.72 Å². The Kier molecular flexibility index (Phi) is 3.30. The Bertz CT molecular complexity index is 423. The summed E-state index contributed by atoms with van der Waals surface area (Å²) in [4.78, 5) is 0.210. The van der Waals surface area contributed by atoms with Crippen LogP contribution in [0.1, 0.15) is 32.6 Å². The van der Waals surface area contributed by atoms with Crippen molar-refractivity contribution in [1.29, 1.82) is 0 Å². The topological polar surface area (TPSA) is 74.8 Å². The van der Waals surface area contributed by atoms with Gasteiger partial charge in [-0.3, -0.25) is 5.10 Å². The van der Waals surface area contributed by atoms with Crippen LogP contribution >= 0.6 is 0 Å². The maximum atomic E-state index is 11.9. The first-order chi connectivity index (χ1) is 7.62. The zero-order valence-electron chi connectivity index (χ0n) is 9.31. The van der Waals surface area contributed by atoms with E-state index in [0.717, 1.165) is 18.8 Å². The van der Waals surface area contributed by atoms with Gasteiger partial charge in [0.2, 0.25) is 10.0 Å². The van der Waals surface area contributed by atoms with Gasteiger partial charge in [-0.2, -0.15) is 5.10 Å². The van der Waals surface area contributed by atoms with E-state index in [2.05, 4.69) is 14.9 Å². The Morgan fingerprint density at radius 1 is 1.62 bits per heavy atom. The lowest BCUT2D eigenvalue weighted by atomic mass is 10.1. The molecule has 1 unspecified atom stereocenters. The molecule has 0 amide bonds. The molecular formula is C10H17N3O2S. The minimum absolute atomic E-state index is 0.0485. The number of aromatic amines is 1. The highest BCUT2D eigenvalue weighted by Crippen LogP contribution is 2.34. The maximum absolute atomic E-state index is 11.9. The van der Waals surface area contributed by atoms with Gasteiger partial charge < -0.3 is 0 Å². The highest BCUT2D eigenvalue weighted by molar-refractivity contribution is 7.89. The van der Waals surface area contributed by atoms with Gasteiger partial charge in [0.1, 0.15) is 4.90 Å². The molecular weight excluding hydrogens is 226 g/mol. The number of rotatable bonds is 6. The van der Waals surface area contributed by atoms with Crippen LogP contribution in [0.15, 0.2) is 17.3 Å². The molecule has 0 radical (unpaired) electrons. The highest BCUT2D eigenvalue weighted by atomic mass is 32.2. The molecule has 0 aromatic carbocycles. The standard InChI is InChI=1S/C10H17N3O2S/c1-2-9(5-8-3-4-8)13-16(14,15)10-6-11-12-7-10/h6-9,13H,2-5H2,1H3,(H,11,12). The summed E-state index contributed by atoms with van der Waals surface area (Å²) in [6, 6.07) is 0.0485. The minimum Gasteiger partial charge on any atom is -0.284 e. The van der Waals surface area contributed by atoms with Gasteiger partial charge in [-0.05, 0) is 18.8 Å². The molecule has 0 spiro atoms. The summed E-state index contributed by atoms with van der Waals surface area (Å²) in [5, 5.41) is 6.16. The van der Waals surface area contributed by atoms with Crippen molar-refractivity contribution in [2.24, 2.45) is 5.92 Å². The summed E-state index contributed by atoms with van der Waals surface area (Å²) >= 11 is 0. The number of hydrogen-bond donors (Lipinski definition) is 2. The van der Waals surface area contributed by atoms with Gasteiger partial charge in [0.05, 0.1) is 6.20 Å². The molecule has 1 aromatic heterocycles.